The van der Waals surface area contributed by atoms with Crippen molar-refractivity contribution in [3.8, 4) is 0 Å². The fourth-order valence-corrected chi connectivity index (χ4v) is 2.93. The van der Waals surface area contributed by atoms with Crippen molar-refractivity contribution < 1.29 is 5.11 Å². The highest BCUT2D eigenvalue weighted by atomic mass is 79.9. The maximum absolute atomic E-state index is 10.9. The minimum absolute atomic E-state index is 0.888. The summed E-state index contributed by atoms with van der Waals surface area (Å²) in [7, 11) is 0. The molecule has 0 radical (unpaired) electrons. The average Bonchev–Trinajstić information content (AvgIpc) is 2.32. The van der Waals surface area contributed by atoms with Crippen molar-refractivity contribution >= 4 is 15.9 Å². The maximum Gasteiger partial charge on any atom is 0.113 e. The molecule has 0 spiro atoms. The minimum Gasteiger partial charge on any atom is -0.381 e. The second kappa shape index (κ2) is 4.87. The van der Waals surface area contributed by atoms with E-state index in [1.54, 1.807) is 0 Å². The van der Waals surface area contributed by atoms with Crippen LogP contribution in [0.4, 0.5) is 0 Å². The summed E-state index contributed by atoms with van der Waals surface area (Å²) in [6, 6.07) is 14.0. The van der Waals surface area contributed by atoms with Gasteiger partial charge in [-0.2, -0.15) is 0 Å². The van der Waals surface area contributed by atoms with E-state index in [1.807, 2.05) is 45.0 Å². The molecule has 0 aliphatic carbocycles. The molecule has 0 saturated carbocycles. The summed E-state index contributed by atoms with van der Waals surface area (Å²) in [5.41, 5.74) is 3.10. The van der Waals surface area contributed by atoms with E-state index in [1.165, 1.54) is 0 Å². The molecule has 0 aliphatic heterocycles. The molecule has 0 saturated heterocycles. The highest BCUT2D eigenvalue weighted by Crippen LogP contribution is 2.35. The zero-order chi connectivity index (χ0) is 13.3. The monoisotopic (exact) mass is 304 g/mol. The number of benzene rings is 2. The zero-order valence-electron chi connectivity index (χ0n) is 10.9. The van der Waals surface area contributed by atoms with Crippen molar-refractivity contribution in [1.29, 1.82) is 0 Å². The van der Waals surface area contributed by atoms with Crippen LogP contribution >= 0.6 is 15.9 Å². The molecule has 0 aliphatic rings. The maximum atomic E-state index is 10.9. The molecule has 0 bridgehead atoms. The Kier molecular flexibility index (Phi) is 3.60. The van der Waals surface area contributed by atoms with Crippen molar-refractivity contribution in [2.45, 2.75) is 26.4 Å². The van der Waals surface area contributed by atoms with Crippen LogP contribution in [0.1, 0.15) is 29.2 Å². The highest BCUT2D eigenvalue weighted by molar-refractivity contribution is 9.10. The molecule has 1 atom stereocenters. The van der Waals surface area contributed by atoms with Gasteiger partial charge in [0.2, 0.25) is 0 Å². The summed E-state index contributed by atoms with van der Waals surface area (Å²) < 4.78 is 0.927. The summed E-state index contributed by atoms with van der Waals surface area (Å²) in [4.78, 5) is 0. The Hall–Kier alpha value is -1.12. The molecular formula is C16H17BrO. The lowest BCUT2D eigenvalue weighted by Gasteiger charge is -2.27. The molecule has 1 nitrogen and oxygen atoms in total. The number of aryl methyl sites for hydroxylation is 2. The van der Waals surface area contributed by atoms with Crippen molar-refractivity contribution in [2.75, 3.05) is 0 Å². The van der Waals surface area contributed by atoms with Gasteiger partial charge in [-0.25, -0.2) is 0 Å². The SMILES string of the molecule is Cc1ccc(C)c(C(C)(O)c2ccccc2Br)c1. The van der Waals surface area contributed by atoms with Gasteiger partial charge in [-0.05, 0) is 38.0 Å². The predicted molar refractivity (Wildman–Crippen MR) is 78.7 cm³/mol. The molecular weight excluding hydrogens is 288 g/mol. The van der Waals surface area contributed by atoms with E-state index in [0.717, 1.165) is 26.7 Å². The van der Waals surface area contributed by atoms with E-state index in [4.69, 9.17) is 0 Å². The van der Waals surface area contributed by atoms with Crippen LogP contribution in [0, 0.1) is 13.8 Å². The first kappa shape index (κ1) is 13.3. The van der Waals surface area contributed by atoms with Crippen LogP contribution in [0.2, 0.25) is 0 Å². The Balaban J connectivity index is 2.61. The smallest absolute Gasteiger partial charge is 0.113 e. The number of hydrogen-bond donors (Lipinski definition) is 1. The van der Waals surface area contributed by atoms with E-state index in [9.17, 15) is 5.11 Å². The van der Waals surface area contributed by atoms with Crippen molar-refractivity contribution in [1.82, 2.24) is 0 Å². The summed E-state index contributed by atoms with van der Waals surface area (Å²) >= 11 is 3.51. The number of hydrogen-bond acceptors (Lipinski definition) is 1. The molecule has 0 fully saturated rings. The summed E-state index contributed by atoms with van der Waals surface area (Å²) in [6.07, 6.45) is 0. The molecule has 2 heteroatoms. The lowest BCUT2D eigenvalue weighted by Crippen LogP contribution is -2.24. The number of rotatable bonds is 2. The van der Waals surface area contributed by atoms with Crippen LogP contribution in [0.5, 0.6) is 0 Å². The Morgan fingerprint density at radius 3 is 2.33 bits per heavy atom. The minimum atomic E-state index is -0.990. The second-order valence-electron chi connectivity index (χ2n) is 4.87. The van der Waals surface area contributed by atoms with Crippen LogP contribution in [0.25, 0.3) is 0 Å². The molecule has 94 valence electrons. The van der Waals surface area contributed by atoms with Crippen LogP contribution in [-0.4, -0.2) is 5.11 Å². The first-order chi connectivity index (χ1) is 8.43. The Bertz CT molecular complexity index is 573. The fourth-order valence-electron chi connectivity index (χ4n) is 2.26. The molecule has 0 heterocycles. The molecule has 1 unspecified atom stereocenters. The molecule has 1 N–H and O–H groups in total. The Morgan fingerprint density at radius 2 is 1.67 bits per heavy atom. The molecule has 0 amide bonds. The van der Waals surface area contributed by atoms with Gasteiger partial charge in [-0.3, -0.25) is 0 Å². The Labute approximate surface area is 117 Å². The van der Waals surface area contributed by atoms with Crippen molar-refractivity contribution in [2.24, 2.45) is 0 Å². The third-order valence-corrected chi connectivity index (χ3v) is 4.01. The van der Waals surface area contributed by atoms with Gasteiger partial charge < -0.3 is 5.11 Å². The van der Waals surface area contributed by atoms with E-state index in [0.29, 0.717) is 0 Å². The molecule has 2 rings (SSSR count). The van der Waals surface area contributed by atoms with E-state index >= 15 is 0 Å². The summed E-state index contributed by atoms with van der Waals surface area (Å²) in [6.45, 7) is 5.91. The third kappa shape index (κ3) is 2.36. The van der Waals surface area contributed by atoms with E-state index < -0.39 is 5.60 Å². The first-order valence-corrected chi connectivity index (χ1v) is 6.77. The standard InChI is InChI=1S/C16H17BrO/c1-11-8-9-12(2)14(10-11)16(3,18)13-6-4-5-7-15(13)17/h4-10,18H,1-3H3. The lowest BCUT2D eigenvalue weighted by atomic mass is 9.85. The average molecular weight is 305 g/mol. The van der Waals surface area contributed by atoms with Crippen LogP contribution < -0.4 is 0 Å². The van der Waals surface area contributed by atoms with Gasteiger partial charge in [0, 0.05) is 10.0 Å². The van der Waals surface area contributed by atoms with Crippen LogP contribution in [0.15, 0.2) is 46.9 Å². The van der Waals surface area contributed by atoms with Gasteiger partial charge in [0.1, 0.15) is 5.60 Å². The molecule has 0 aromatic heterocycles. The quantitative estimate of drug-likeness (QED) is 0.876. The molecule has 2 aromatic rings. The lowest BCUT2D eigenvalue weighted by molar-refractivity contribution is 0.101. The topological polar surface area (TPSA) is 20.2 Å². The largest absolute Gasteiger partial charge is 0.381 e. The van der Waals surface area contributed by atoms with Gasteiger partial charge in [0.15, 0.2) is 0 Å². The van der Waals surface area contributed by atoms with Gasteiger partial charge in [0.05, 0.1) is 0 Å². The fraction of sp³-hybridized carbons (Fsp3) is 0.250. The number of aliphatic hydroxyl groups is 1. The third-order valence-electron chi connectivity index (χ3n) is 3.32. The van der Waals surface area contributed by atoms with Crippen LogP contribution in [0.3, 0.4) is 0 Å². The van der Waals surface area contributed by atoms with E-state index in [-0.39, 0.29) is 0 Å². The van der Waals surface area contributed by atoms with Crippen LogP contribution in [-0.2, 0) is 5.60 Å². The van der Waals surface area contributed by atoms with Gasteiger partial charge >= 0.3 is 0 Å². The van der Waals surface area contributed by atoms with Gasteiger partial charge in [0.25, 0.3) is 0 Å². The molecule has 18 heavy (non-hydrogen) atoms. The normalized spacial score (nSPS) is 14.3. The van der Waals surface area contributed by atoms with E-state index in [2.05, 4.69) is 34.1 Å². The second-order valence-corrected chi connectivity index (χ2v) is 5.72. The zero-order valence-corrected chi connectivity index (χ0v) is 12.5. The first-order valence-electron chi connectivity index (χ1n) is 5.98. The predicted octanol–water partition coefficient (Wildman–Crippen LogP) is 4.32. The highest BCUT2D eigenvalue weighted by Gasteiger charge is 2.29. The van der Waals surface area contributed by atoms with Crippen molar-refractivity contribution in [3.05, 3.63) is 69.2 Å². The molecule has 2 aromatic carbocycles. The van der Waals surface area contributed by atoms with Gasteiger partial charge in [-0.15, -0.1) is 0 Å². The van der Waals surface area contributed by atoms with Crippen molar-refractivity contribution in [3.63, 3.8) is 0 Å². The van der Waals surface area contributed by atoms with Gasteiger partial charge in [-0.1, -0.05) is 57.9 Å². The summed E-state index contributed by atoms with van der Waals surface area (Å²) in [5, 5.41) is 10.9. The number of halogens is 1. The summed E-state index contributed by atoms with van der Waals surface area (Å²) in [5.74, 6) is 0. The Morgan fingerprint density at radius 1 is 1.00 bits per heavy atom.